The topological polar surface area (TPSA) is 43.9 Å². The van der Waals surface area contributed by atoms with Gasteiger partial charge in [-0.15, -0.1) is 5.10 Å². The Bertz CT molecular complexity index is 517. The summed E-state index contributed by atoms with van der Waals surface area (Å²) in [6.07, 6.45) is 2.19. The first-order valence-corrected chi connectivity index (χ1v) is 6.21. The molecule has 4 nitrogen and oxygen atoms in total. The molecular weight excluding hydrogens is 270 g/mol. The molecule has 84 valence electrons. The van der Waals surface area contributed by atoms with Crippen molar-refractivity contribution >= 4 is 15.9 Å². The highest BCUT2D eigenvalue weighted by Gasteiger charge is 2.20. The minimum Gasteiger partial charge on any atom is -0.446 e. The Kier molecular flexibility index (Phi) is 2.35. The van der Waals surface area contributed by atoms with Crippen LogP contribution in [0.5, 0.6) is 0 Å². The van der Waals surface area contributed by atoms with Crippen LogP contribution in [-0.2, 0) is 13.0 Å². The molecule has 1 aliphatic heterocycles. The summed E-state index contributed by atoms with van der Waals surface area (Å²) in [5.74, 6) is 3.19. The van der Waals surface area contributed by atoms with Gasteiger partial charge in [0.05, 0.1) is 0 Å². The van der Waals surface area contributed by atoms with Crippen LogP contribution in [0.25, 0.3) is 11.6 Å². The summed E-state index contributed by atoms with van der Waals surface area (Å²) < 4.78 is 8.16. The van der Waals surface area contributed by atoms with Crippen LogP contribution in [-0.4, -0.2) is 14.8 Å². The normalized spacial score (nSPS) is 19.8. The second-order valence-corrected chi connectivity index (χ2v) is 5.06. The summed E-state index contributed by atoms with van der Waals surface area (Å²) in [5.41, 5.74) is 0. The lowest BCUT2D eigenvalue weighted by atomic mass is 10.0. The van der Waals surface area contributed by atoms with Gasteiger partial charge in [-0.25, -0.2) is 9.67 Å². The predicted molar refractivity (Wildman–Crippen MR) is 62.9 cm³/mol. The number of aromatic nitrogens is 3. The van der Waals surface area contributed by atoms with Gasteiger partial charge in [-0.05, 0) is 40.4 Å². The zero-order valence-electron chi connectivity index (χ0n) is 8.98. The second-order valence-electron chi connectivity index (χ2n) is 4.28. The Balaban J connectivity index is 1.98. The van der Waals surface area contributed by atoms with E-state index in [0.717, 1.165) is 24.6 Å². The van der Waals surface area contributed by atoms with Gasteiger partial charge >= 0.3 is 0 Å². The van der Waals surface area contributed by atoms with Gasteiger partial charge in [0.15, 0.2) is 10.4 Å². The highest BCUT2D eigenvalue weighted by Crippen LogP contribution is 2.25. The Morgan fingerprint density at radius 3 is 3.12 bits per heavy atom. The van der Waals surface area contributed by atoms with Gasteiger partial charge in [0, 0.05) is 13.0 Å². The van der Waals surface area contributed by atoms with E-state index in [9.17, 15) is 0 Å². The fourth-order valence-corrected chi connectivity index (χ4v) is 2.31. The predicted octanol–water partition coefficient (Wildman–Crippen LogP) is 2.88. The number of halogens is 1. The molecule has 0 radical (unpaired) electrons. The molecule has 2 aromatic heterocycles. The second kappa shape index (κ2) is 3.73. The van der Waals surface area contributed by atoms with E-state index >= 15 is 0 Å². The quantitative estimate of drug-likeness (QED) is 0.807. The Morgan fingerprint density at radius 2 is 2.38 bits per heavy atom. The summed E-state index contributed by atoms with van der Waals surface area (Å²) in [7, 11) is 0. The van der Waals surface area contributed by atoms with E-state index in [1.165, 1.54) is 6.42 Å². The van der Waals surface area contributed by atoms with Gasteiger partial charge in [-0.1, -0.05) is 6.92 Å². The molecule has 3 rings (SSSR count). The van der Waals surface area contributed by atoms with E-state index in [1.807, 2.05) is 16.8 Å². The molecule has 1 atom stereocenters. The van der Waals surface area contributed by atoms with Crippen LogP contribution in [0.1, 0.15) is 19.2 Å². The monoisotopic (exact) mass is 281 g/mol. The molecule has 0 amide bonds. The first kappa shape index (κ1) is 10.1. The maximum absolute atomic E-state index is 5.45. The molecule has 3 heterocycles. The molecule has 5 heteroatoms. The molecule has 1 unspecified atom stereocenters. The summed E-state index contributed by atoms with van der Waals surface area (Å²) in [6, 6.07) is 3.74. The van der Waals surface area contributed by atoms with Gasteiger partial charge in [0.2, 0.25) is 5.82 Å². The molecule has 1 aliphatic rings. The van der Waals surface area contributed by atoms with Gasteiger partial charge in [0.1, 0.15) is 5.82 Å². The lowest BCUT2D eigenvalue weighted by Gasteiger charge is -2.17. The van der Waals surface area contributed by atoms with E-state index in [4.69, 9.17) is 4.42 Å². The Labute approximate surface area is 102 Å². The molecule has 0 aliphatic carbocycles. The van der Waals surface area contributed by atoms with Crippen LogP contribution in [0.4, 0.5) is 0 Å². The molecule has 0 spiro atoms. The number of hydrogen-bond acceptors (Lipinski definition) is 3. The minimum absolute atomic E-state index is 0.690. The molecule has 0 bridgehead atoms. The Morgan fingerprint density at radius 1 is 1.50 bits per heavy atom. The van der Waals surface area contributed by atoms with Gasteiger partial charge in [-0.2, -0.15) is 0 Å². The summed E-state index contributed by atoms with van der Waals surface area (Å²) in [5, 5.41) is 4.46. The van der Waals surface area contributed by atoms with Gasteiger partial charge in [-0.3, -0.25) is 0 Å². The fraction of sp³-hybridized carbons (Fsp3) is 0.455. The number of fused-ring (bicyclic) bond motifs is 1. The largest absolute Gasteiger partial charge is 0.446 e. The van der Waals surface area contributed by atoms with Crippen molar-refractivity contribution < 1.29 is 4.42 Å². The zero-order chi connectivity index (χ0) is 11.1. The zero-order valence-corrected chi connectivity index (χ0v) is 10.6. The van der Waals surface area contributed by atoms with Crippen LogP contribution < -0.4 is 0 Å². The average Bonchev–Trinajstić information content (AvgIpc) is 2.83. The molecule has 16 heavy (non-hydrogen) atoms. The third kappa shape index (κ3) is 1.69. The molecule has 0 saturated heterocycles. The minimum atomic E-state index is 0.690. The molecule has 0 fully saturated rings. The van der Waals surface area contributed by atoms with E-state index in [-0.39, 0.29) is 0 Å². The van der Waals surface area contributed by atoms with Crippen molar-refractivity contribution in [1.82, 2.24) is 14.8 Å². The molecule has 0 saturated carbocycles. The first-order valence-electron chi connectivity index (χ1n) is 5.42. The van der Waals surface area contributed by atoms with Crippen molar-refractivity contribution in [2.75, 3.05) is 0 Å². The molecule has 0 aromatic carbocycles. The van der Waals surface area contributed by atoms with Crippen molar-refractivity contribution in [3.63, 3.8) is 0 Å². The maximum Gasteiger partial charge on any atom is 0.217 e. The van der Waals surface area contributed by atoms with Crippen molar-refractivity contribution in [2.45, 2.75) is 26.3 Å². The van der Waals surface area contributed by atoms with Gasteiger partial charge in [0.25, 0.3) is 0 Å². The fourth-order valence-electron chi connectivity index (χ4n) is 2.00. The van der Waals surface area contributed by atoms with Gasteiger partial charge < -0.3 is 4.42 Å². The van der Waals surface area contributed by atoms with Crippen molar-refractivity contribution in [3.8, 4) is 11.6 Å². The third-order valence-electron chi connectivity index (χ3n) is 2.91. The van der Waals surface area contributed by atoms with Crippen LogP contribution in [0.15, 0.2) is 21.2 Å². The lowest BCUT2D eigenvalue weighted by molar-refractivity contribution is 0.386. The van der Waals surface area contributed by atoms with E-state index in [0.29, 0.717) is 16.4 Å². The maximum atomic E-state index is 5.45. The van der Waals surface area contributed by atoms with Crippen molar-refractivity contribution in [1.29, 1.82) is 0 Å². The third-order valence-corrected chi connectivity index (χ3v) is 3.33. The number of nitrogens with zero attached hydrogens (tertiary/aromatic N) is 3. The highest BCUT2D eigenvalue weighted by atomic mass is 79.9. The van der Waals surface area contributed by atoms with Crippen LogP contribution in [0.3, 0.4) is 0 Å². The molecule has 2 aromatic rings. The van der Waals surface area contributed by atoms with Crippen LogP contribution in [0, 0.1) is 5.92 Å². The standard InChI is InChI=1S/C11H12BrN3O/c1-7-4-5-15-10(6-7)13-11(14-15)8-2-3-9(12)16-8/h2-3,7H,4-6H2,1H3. The highest BCUT2D eigenvalue weighted by molar-refractivity contribution is 9.10. The summed E-state index contributed by atoms with van der Waals surface area (Å²) in [6.45, 7) is 3.21. The first-order chi connectivity index (χ1) is 7.72. The van der Waals surface area contributed by atoms with Crippen LogP contribution in [0.2, 0.25) is 0 Å². The van der Waals surface area contributed by atoms with Crippen molar-refractivity contribution in [2.24, 2.45) is 5.92 Å². The number of hydrogen-bond donors (Lipinski definition) is 0. The van der Waals surface area contributed by atoms with Crippen molar-refractivity contribution in [3.05, 3.63) is 22.6 Å². The van der Waals surface area contributed by atoms with E-state index in [1.54, 1.807) is 0 Å². The number of rotatable bonds is 1. The smallest absolute Gasteiger partial charge is 0.217 e. The lowest BCUT2D eigenvalue weighted by Crippen LogP contribution is -2.18. The Hall–Kier alpha value is -1.10. The van der Waals surface area contributed by atoms with Crippen LogP contribution >= 0.6 is 15.9 Å². The molecular formula is C11H12BrN3O. The number of aryl methyl sites for hydroxylation is 1. The average molecular weight is 282 g/mol. The van der Waals surface area contributed by atoms with E-state index in [2.05, 4.69) is 32.9 Å². The number of furan rings is 1. The summed E-state index contributed by atoms with van der Waals surface area (Å²) in [4.78, 5) is 4.52. The summed E-state index contributed by atoms with van der Waals surface area (Å²) >= 11 is 3.28. The SMILES string of the molecule is CC1CCn2nc(-c3ccc(Br)o3)nc2C1. The molecule has 0 N–H and O–H groups in total. The van der Waals surface area contributed by atoms with E-state index < -0.39 is 0 Å².